The molecule has 0 amide bonds. The molecule has 0 fully saturated rings. The maximum Gasteiger partial charge on any atom is 0.416 e. The normalized spacial score (nSPS) is 13.0. The number of nitrogens with one attached hydrogen (secondary N) is 1. The van der Waals surface area contributed by atoms with Gasteiger partial charge in [0.2, 0.25) is 0 Å². The van der Waals surface area contributed by atoms with Gasteiger partial charge in [-0.2, -0.15) is 31.4 Å². The number of rotatable bonds is 2. The molecule has 0 aliphatic carbocycles. The number of alkyl halides is 6. The molecule has 142 valence electrons. The van der Waals surface area contributed by atoms with Crippen LogP contribution in [0.3, 0.4) is 0 Å². The summed E-state index contributed by atoms with van der Waals surface area (Å²) in [7, 11) is 0. The molecule has 0 aliphatic heterocycles. The number of hydrogen-bond acceptors (Lipinski definition) is 3. The molecule has 1 aromatic carbocycles. The van der Waals surface area contributed by atoms with Crippen molar-refractivity contribution in [2.75, 3.05) is 0 Å². The van der Waals surface area contributed by atoms with Crippen LogP contribution in [-0.2, 0) is 17.1 Å². The van der Waals surface area contributed by atoms with Crippen molar-refractivity contribution in [3.05, 3.63) is 41.1 Å². The number of aromatic amines is 1. The molecule has 2 rings (SSSR count). The third-order valence-electron chi connectivity index (χ3n) is 3.08. The van der Waals surface area contributed by atoms with E-state index in [1.165, 1.54) is 0 Å². The van der Waals surface area contributed by atoms with E-state index in [9.17, 15) is 31.1 Å². The summed E-state index contributed by atoms with van der Waals surface area (Å²) in [5.74, 6) is -0.834. The second kappa shape index (κ2) is 6.33. The van der Waals surface area contributed by atoms with E-state index in [1.807, 2.05) is 0 Å². The number of ether oxygens (including phenoxy) is 1. The molecular formula is C16H14F6N2O2. The second-order valence-corrected chi connectivity index (χ2v) is 6.46. The Bertz CT molecular complexity index is 783. The van der Waals surface area contributed by atoms with E-state index < -0.39 is 40.6 Å². The molecule has 0 atom stereocenters. The molecule has 1 heterocycles. The predicted molar refractivity (Wildman–Crippen MR) is 79.2 cm³/mol. The number of benzene rings is 1. The zero-order chi connectivity index (χ0) is 19.9. The fourth-order valence-corrected chi connectivity index (χ4v) is 2.01. The molecule has 10 heteroatoms. The molecule has 0 spiro atoms. The first-order valence-electron chi connectivity index (χ1n) is 7.25. The average Bonchev–Trinajstić information content (AvgIpc) is 2.93. The lowest BCUT2D eigenvalue weighted by Crippen LogP contribution is -2.24. The Morgan fingerprint density at radius 3 is 1.85 bits per heavy atom. The molecule has 0 bridgehead atoms. The molecular weight excluding hydrogens is 366 g/mol. The topological polar surface area (TPSA) is 55.0 Å². The SMILES string of the molecule is CC(C)(C)OC(=O)c1cc(-c2cc(C(F)(F)F)cc(C(F)(F)F)c2)n[nH]1. The molecule has 0 aliphatic rings. The van der Waals surface area contributed by atoms with Crippen LogP contribution in [0, 0.1) is 0 Å². The molecule has 4 nitrogen and oxygen atoms in total. The van der Waals surface area contributed by atoms with Crippen LogP contribution in [-0.4, -0.2) is 21.8 Å². The summed E-state index contributed by atoms with van der Waals surface area (Å²) < 4.78 is 82.5. The number of halogens is 6. The smallest absolute Gasteiger partial charge is 0.416 e. The highest BCUT2D eigenvalue weighted by Crippen LogP contribution is 2.38. The van der Waals surface area contributed by atoms with E-state index in [0.717, 1.165) is 6.07 Å². The van der Waals surface area contributed by atoms with E-state index in [1.54, 1.807) is 20.8 Å². The van der Waals surface area contributed by atoms with Gasteiger partial charge in [0, 0.05) is 5.56 Å². The van der Waals surface area contributed by atoms with E-state index in [0.29, 0.717) is 12.1 Å². The van der Waals surface area contributed by atoms with Crippen LogP contribution in [0.25, 0.3) is 11.3 Å². The van der Waals surface area contributed by atoms with Crippen LogP contribution >= 0.6 is 0 Å². The minimum atomic E-state index is -4.97. The van der Waals surface area contributed by atoms with Crippen molar-refractivity contribution in [2.24, 2.45) is 0 Å². The molecule has 2 aromatic rings. The van der Waals surface area contributed by atoms with E-state index in [4.69, 9.17) is 4.74 Å². The predicted octanol–water partition coefficient (Wildman–Crippen LogP) is 5.07. The molecule has 0 radical (unpaired) electrons. The fourth-order valence-electron chi connectivity index (χ4n) is 2.01. The first-order chi connectivity index (χ1) is 11.7. The zero-order valence-electron chi connectivity index (χ0n) is 13.8. The Morgan fingerprint density at radius 1 is 0.923 bits per heavy atom. The maximum absolute atomic E-state index is 12.9. The summed E-state index contributed by atoms with van der Waals surface area (Å²) in [6.45, 7) is 4.81. The van der Waals surface area contributed by atoms with Gasteiger partial charge in [-0.15, -0.1) is 0 Å². The average molecular weight is 380 g/mol. The quantitative estimate of drug-likeness (QED) is 0.585. The summed E-state index contributed by atoms with van der Waals surface area (Å²) in [6.07, 6.45) is -9.94. The van der Waals surface area contributed by atoms with Gasteiger partial charge >= 0.3 is 18.3 Å². The maximum atomic E-state index is 12.9. The summed E-state index contributed by atoms with van der Waals surface area (Å²) >= 11 is 0. The summed E-state index contributed by atoms with van der Waals surface area (Å²) in [5, 5.41) is 5.88. The van der Waals surface area contributed by atoms with Crippen LogP contribution in [0.1, 0.15) is 42.4 Å². The van der Waals surface area contributed by atoms with Crippen LogP contribution in [0.4, 0.5) is 26.3 Å². The lowest BCUT2D eigenvalue weighted by molar-refractivity contribution is -0.143. The monoisotopic (exact) mass is 380 g/mol. The van der Waals surface area contributed by atoms with Gasteiger partial charge in [0.1, 0.15) is 11.3 Å². The highest BCUT2D eigenvalue weighted by atomic mass is 19.4. The second-order valence-electron chi connectivity index (χ2n) is 6.46. The number of hydrogen-bond donors (Lipinski definition) is 1. The molecule has 1 N–H and O–H groups in total. The summed E-state index contributed by atoms with van der Waals surface area (Å²) in [5.41, 5.74) is -4.64. The van der Waals surface area contributed by atoms with Gasteiger partial charge < -0.3 is 4.74 Å². The van der Waals surface area contributed by atoms with Gasteiger partial charge in [0.25, 0.3) is 0 Å². The van der Waals surface area contributed by atoms with Crippen molar-refractivity contribution in [2.45, 2.75) is 38.7 Å². The minimum absolute atomic E-state index is 0.0188. The van der Waals surface area contributed by atoms with E-state index >= 15 is 0 Å². The largest absolute Gasteiger partial charge is 0.455 e. The first kappa shape index (κ1) is 19.8. The van der Waals surface area contributed by atoms with E-state index in [2.05, 4.69) is 10.2 Å². The Labute approximate surface area is 144 Å². The van der Waals surface area contributed by atoms with Crippen molar-refractivity contribution in [1.29, 1.82) is 0 Å². The molecule has 0 saturated heterocycles. The van der Waals surface area contributed by atoms with Crippen LogP contribution in [0.5, 0.6) is 0 Å². The lowest BCUT2D eigenvalue weighted by Gasteiger charge is -2.18. The van der Waals surface area contributed by atoms with Gasteiger partial charge in [-0.1, -0.05) is 0 Å². The van der Waals surface area contributed by atoms with Gasteiger partial charge in [-0.25, -0.2) is 4.79 Å². The fraction of sp³-hybridized carbons (Fsp3) is 0.375. The highest BCUT2D eigenvalue weighted by Gasteiger charge is 2.37. The lowest BCUT2D eigenvalue weighted by atomic mass is 10.0. The van der Waals surface area contributed by atoms with Crippen LogP contribution in [0.15, 0.2) is 24.3 Å². The number of H-pyrrole nitrogens is 1. The molecule has 0 unspecified atom stereocenters. The number of esters is 1. The van der Waals surface area contributed by atoms with Crippen molar-refractivity contribution in [1.82, 2.24) is 10.2 Å². The Morgan fingerprint density at radius 2 is 1.42 bits per heavy atom. The van der Waals surface area contributed by atoms with Crippen LogP contribution < -0.4 is 0 Å². The molecule has 0 saturated carbocycles. The highest BCUT2D eigenvalue weighted by molar-refractivity contribution is 5.89. The van der Waals surface area contributed by atoms with Crippen molar-refractivity contribution < 1.29 is 35.9 Å². The number of aromatic nitrogens is 2. The van der Waals surface area contributed by atoms with Crippen molar-refractivity contribution in [3.8, 4) is 11.3 Å². The molecule has 26 heavy (non-hydrogen) atoms. The van der Waals surface area contributed by atoms with Crippen molar-refractivity contribution >= 4 is 5.97 Å². The van der Waals surface area contributed by atoms with Crippen LogP contribution in [0.2, 0.25) is 0 Å². The van der Waals surface area contributed by atoms with Gasteiger partial charge in [0.15, 0.2) is 0 Å². The van der Waals surface area contributed by atoms with Gasteiger partial charge in [0.05, 0.1) is 16.8 Å². The Kier molecular flexibility index (Phi) is 4.82. The number of carbonyl (C=O) groups excluding carboxylic acids is 1. The third-order valence-corrected chi connectivity index (χ3v) is 3.08. The zero-order valence-corrected chi connectivity index (χ0v) is 13.8. The van der Waals surface area contributed by atoms with E-state index in [-0.39, 0.29) is 17.5 Å². The van der Waals surface area contributed by atoms with Gasteiger partial charge in [-0.05, 0) is 45.0 Å². The minimum Gasteiger partial charge on any atom is -0.455 e. The first-order valence-corrected chi connectivity index (χ1v) is 7.25. The number of carbonyl (C=O) groups is 1. The Balaban J connectivity index is 2.47. The Hall–Kier alpha value is -2.52. The molecule has 1 aromatic heterocycles. The van der Waals surface area contributed by atoms with Gasteiger partial charge in [-0.3, -0.25) is 5.10 Å². The van der Waals surface area contributed by atoms with Crippen molar-refractivity contribution in [3.63, 3.8) is 0 Å². The third kappa shape index (κ3) is 4.77. The number of nitrogens with zero attached hydrogens (tertiary/aromatic N) is 1. The summed E-state index contributed by atoms with van der Waals surface area (Å²) in [6, 6.07) is 2.11. The standard InChI is InChI=1S/C16H14F6N2O2/c1-14(2,3)26-13(25)12-7-11(23-24-12)8-4-9(15(17,18)19)6-10(5-8)16(20,21)22/h4-7H,1-3H3,(H,23,24). The summed E-state index contributed by atoms with van der Waals surface area (Å²) in [4.78, 5) is 11.9.